The number of alkyl carbamates (subject to hydrolysis) is 1. The molecule has 1 aromatic heterocycles. The molecule has 9 nitrogen and oxygen atoms in total. The Morgan fingerprint density at radius 3 is 2.38 bits per heavy atom. The van der Waals surface area contributed by atoms with Gasteiger partial charge in [0.2, 0.25) is 10.0 Å². The molecular weight excluding hydrogens is 525 g/mol. The first-order valence-corrected chi connectivity index (χ1v) is 14.7. The van der Waals surface area contributed by atoms with E-state index in [1.165, 1.54) is 35.6 Å². The minimum atomic E-state index is -3.70. The predicted molar refractivity (Wildman–Crippen MR) is 148 cm³/mol. The number of ether oxygens (including phenoxy) is 1. The Kier molecular flexibility index (Phi) is 7.92. The highest BCUT2D eigenvalue weighted by Crippen LogP contribution is 2.48. The molecule has 4 rings (SSSR count). The summed E-state index contributed by atoms with van der Waals surface area (Å²) in [6, 6.07) is 9.12. The van der Waals surface area contributed by atoms with Crippen LogP contribution in [0.5, 0.6) is 0 Å². The molecule has 2 aromatic carbocycles. The quantitative estimate of drug-likeness (QED) is 0.350. The van der Waals surface area contributed by atoms with Crippen LogP contribution in [-0.4, -0.2) is 52.4 Å². The lowest BCUT2D eigenvalue weighted by atomic mass is 10.0. The van der Waals surface area contributed by atoms with Crippen LogP contribution in [-0.2, 0) is 14.8 Å². The van der Waals surface area contributed by atoms with E-state index in [1.807, 2.05) is 6.07 Å². The summed E-state index contributed by atoms with van der Waals surface area (Å²) in [4.78, 5) is 24.9. The van der Waals surface area contributed by atoms with Crippen LogP contribution in [0.1, 0.15) is 61.9 Å². The first-order chi connectivity index (χ1) is 18.3. The molecule has 0 saturated heterocycles. The molecule has 0 unspecified atom stereocenters. The lowest BCUT2D eigenvalue weighted by Crippen LogP contribution is -2.36. The molecule has 2 amide bonds. The molecular formula is C28H34FN3O6S. The normalized spacial score (nSPS) is 13.8. The van der Waals surface area contributed by atoms with E-state index < -0.39 is 27.5 Å². The predicted octanol–water partition coefficient (Wildman–Crippen LogP) is 5.16. The number of fused-ring (bicyclic) bond motifs is 1. The van der Waals surface area contributed by atoms with E-state index in [4.69, 9.17) is 9.15 Å². The van der Waals surface area contributed by atoms with Crippen LogP contribution in [0.2, 0.25) is 0 Å². The maximum Gasteiger partial charge on any atom is 0.407 e. The van der Waals surface area contributed by atoms with Gasteiger partial charge in [-0.3, -0.25) is 9.10 Å². The zero-order valence-electron chi connectivity index (χ0n) is 22.8. The van der Waals surface area contributed by atoms with Gasteiger partial charge in [0, 0.05) is 37.2 Å². The second-order valence-electron chi connectivity index (χ2n) is 10.7. The fraction of sp³-hybridized carbons (Fsp3) is 0.429. The molecule has 39 heavy (non-hydrogen) atoms. The van der Waals surface area contributed by atoms with Crippen molar-refractivity contribution in [3.8, 4) is 11.3 Å². The smallest absolute Gasteiger partial charge is 0.407 e. The van der Waals surface area contributed by atoms with Crippen molar-refractivity contribution in [2.75, 3.05) is 30.7 Å². The number of furan rings is 1. The Labute approximate surface area is 227 Å². The average Bonchev–Trinajstić information content (AvgIpc) is 3.62. The summed E-state index contributed by atoms with van der Waals surface area (Å²) in [5, 5.41) is 5.85. The van der Waals surface area contributed by atoms with Crippen molar-refractivity contribution >= 4 is 38.7 Å². The lowest BCUT2D eigenvalue weighted by molar-refractivity contribution is 0.0527. The number of carbonyl (C=O) groups excluding carboxylic acids is 2. The first-order valence-electron chi connectivity index (χ1n) is 12.8. The number of hydrogen-bond acceptors (Lipinski definition) is 6. The number of anilines is 1. The summed E-state index contributed by atoms with van der Waals surface area (Å²) in [5.74, 6) is -0.360. The van der Waals surface area contributed by atoms with Gasteiger partial charge in [-0.05, 0) is 81.8 Å². The third kappa shape index (κ3) is 6.70. The van der Waals surface area contributed by atoms with E-state index in [1.54, 1.807) is 26.8 Å². The molecule has 2 N–H and O–H groups in total. The number of hydrogen-bond donors (Lipinski definition) is 2. The Bertz CT molecular complexity index is 1490. The van der Waals surface area contributed by atoms with Gasteiger partial charge in [0.25, 0.3) is 5.91 Å². The molecule has 1 heterocycles. The molecule has 0 radical (unpaired) electrons. The zero-order valence-corrected chi connectivity index (χ0v) is 23.6. The molecule has 1 fully saturated rings. The summed E-state index contributed by atoms with van der Waals surface area (Å²) < 4.78 is 52.2. The van der Waals surface area contributed by atoms with Gasteiger partial charge in [0.1, 0.15) is 22.8 Å². The van der Waals surface area contributed by atoms with Gasteiger partial charge in [-0.2, -0.15) is 0 Å². The number of benzene rings is 2. The number of halogens is 1. The second-order valence-corrected chi connectivity index (χ2v) is 12.6. The fourth-order valence-electron chi connectivity index (χ4n) is 4.43. The Morgan fingerprint density at radius 2 is 1.82 bits per heavy atom. The molecule has 3 aromatic rings. The Hall–Kier alpha value is -3.60. The van der Waals surface area contributed by atoms with Gasteiger partial charge < -0.3 is 19.8 Å². The summed E-state index contributed by atoms with van der Waals surface area (Å²) in [6.45, 7) is 5.63. The fourth-order valence-corrected chi connectivity index (χ4v) is 5.41. The number of rotatable bonds is 9. The Balaban J connectivity index is 1.72. The maximum absolute atomic E-state index is 13.6. The minimum absolute atomic E-state index is 0.119. The van der Waals surface area contributed by atoms with Gasteiger partial charge in [-0.25, -0.2) is 17.6 Å². The minimum Gasteiger partial charge on any atom is -0.455 e. The summed E-state index contributed by atoms with van der Waals surface area (Å²) in [5.41, 5.74) is 1.82. The van der Waals surface area contributed by atoms with Crippen LogP contribution >= 0.6 is 0 Å². The van der Waals surface area contributed by atoms with E-state index in [2.05, 4.69) is 10.6 Å². The van der Waals surface area contributed by atoms with Crippen LogP contribution in [0.25, 0.3) is 22.3 Å². The zero-order chi connectivity index (χ0) is 28.5. The number of sulfonamides is 1. The SMILES string of the molecule is CNC(=O)c1c(-c2ccc(F)cc2)oc2cc(N(CCCNC(=O)OC(C)(C)C)S(C)(=O)=O)c(C3CC3)cc12. The van der Waals surface area contributed by atoms with Crippen LogP contribution in [0, 0.1) is 5.82 Å². The molecule has 1 aliphatic rings. The highest BCUT2D eigenvalue weighted by atomic mass is 32.2. The largest absolute Gasteiger partial charge is 0.455 e. The number of amides is 2. The highest BCUT2D eigenvalue weighted by Gasteiger charge is 2.33. The standard InChI is InChI=1S/C28H34FN3O6S/c1-28(2,3)38-27(34)31-13-6-14-32(39(5,35)36)22-16-23-21(15-20(22)17-7-8-17)24(26(33)30-4)25(37-23)18-9-11-19(29)12-10-18/h9-12,15-17H,6-8,13-14H2,1-5H3,(H,30,33)(H,31,34). The molecule has 0 spiro atoms. The van der Waals surface area contributed by atoms with Gasteiger partial charge in [0.15, 0.2) is 0 Å². The highest BCUT2D eigenvalue weighted by molar-refractivity contribution is 7.92. The van der Waals surface area contributed by atoms with Crippen molar-refractivity contribution in [3.05, 3.63) is 53.3 Å². The first kappa shape index (κ1) is 28.4. The molecule has 11 heteroatoms. The van der Waals surface area contributed by atoms with Gasteiger partial charge in [0.05, 0.1) is 17.5 Å². The maximum atomic E-state index is 13.6. The van der Waals surface area contributed by atoms with E-state index >= 15 is 0 Å². The monoisotopic (exact) mass is 559 g/mol. The third-order valence-corrected chi connectivity index (χ3v) is 7.47. The average molecular weight is 560 g/mol. The third-order valence-electron chi connectivity index (χ3n) is 6.29. The van der Waals surface area contributed by atoms with Crippen molar-refractivity contribution in [2.24, 2.45) is 0 Å². The van der Waals surface area contributed by atoms with Crippen LogP contribution in [0.3, 0.4) is 0 Å². The van der Waals surface area contributed by atoms with Crippen molar-refractivity contribution in [2.45, 2.75) is 51.6 Å². The molecule has 0 bridgehead atoms. The van der Waals surface area contributed by atoms with Crippen molar-refractivity contribution < 1.29 is 31.6 Å². The van der Waals surface area contributed by atoms with E-state index in [0.717, 1.165) is 24.7 Å². The lowest BCUT2D eigenvalue weighted by Gasteiger charge is -2.25. The van der Waals surface area contributed by atoms with Crippen molar-refractivity contribution in [1.82, 2.24) is 10.6 Å². The van der Waals surface area contributed by atoms with Crippen molar-refractivity contribution in [3.63, 3.8) is 0 Å². The summed E-state index contributed by atoms with van der Waals surface area (Å²) in [7, 11) is -2.18. The van der Waals surface area contributed by atoms with Gasteiger partial charge in [-0.15, -0.1) is 0 Å². The molecule has 210 valence electrons. The summed E-state index contributed by atoms with van der Waals surface area (Å²) >= 11 is 0. The molecule has 1 saturated carbocycles. The molecule has 1 aliphatic carbocycles. The van der Waals surface area contributed by atoms with Crippen LogP contribution in [0.15, 0.2) is 40.8 Å². The number of nitrogens with one attached hydrogen (secondary N) is 2. The number of carbonyl (C=O) groups is 2. The van der Waals surface area contributed by atoms with E-state index in [9.17, 15) is 22.4 Å². The Morgan fingerprint density at radius 1 is 1.15 bits per heavy atom. The van der Waals surface area contributed by atoms with E-state index in [0.29, 0.717) is 34.2 Å². The molecule has 0 aliphatic heterocycles. The molecule has 0 atom stereocenters. The number of nitrogens with zero attached hydrogens (tertiary/aromatic N) is 1. The topological polar surface area (TPSA) is 118 Å². The van der Waals surface area contributed by atoms with Gasteiger partial charge in [-0.1, -0.05) is 0 Å². The van der Waals surface area contributed by atoms with Crippen LogP contribution < -0.4 is 14.9 Å². The van der Waals surface area contributed by atoms with Crippen LogP contribution in [0.4, 0.5) is 14.9 Å². The van der Waals surface area contributed by atoms with E-state index in [-0.39, 0.29) is 30.7 Å². The van der Waals surface area contributed by atoms with Crippen molar-refractivity contribution in [1.29, 1.82) is 0 Å². The summed E-state index contributed by atoms with van der Waals surface area (Å²) in [6.07, 6.45) is 2.70. The second kappa shape index (κ2) is 10.9. The van der Waals surface area contributed by atoms with Gasteiger partial charge >= 0.3 is 6.09 Å².